The molecule has 0 aliphatic heterocycles. The summed E-state index contributed by atoms with van der Waals surface area (Å²) >= 11 is 0. The van der Waals surface area contributed by atoms with E-state index in [1.54, 1.807) is 0 Å². The van der Waals surface area contributed by atoms with Gasteiger partial charge in [-0.25, -0.2) is 9.97 Å². The Morgan fingerprint density at radius 1 is 0.594 bits per heavy atom. The lowest BCUT2D eigenvalue weighted by molar-refractivity contribution is 0.568. The van der Waals surface area contributed by atoms with E-state index in [1.807, 2.05) is 6.07 Å². The molecule has 0 N–H and O–H groups in total. The minimum atomic E-state index is -0.00960. The lowest BCUT2D eigenvalue weighted by atomic mass is 9.87. The van der Waals surface area contributed by atoms with Crippen molar-refractivity contribution in [3.05, 3.63) is 71.0 Å². The van der Waals surface area contributed by atoms with Crippen LogP contribution in [0.3, 0.4) is 0 Å². The Balaban J connectivity index is 1.64. The number of fused-ring (bicyclic) bond motifs is 4. The molecule has 4 heterocycles. The normalized spacial score (nSPS) is 13.7. The average Bonchev–Trinajstić information content (AvgIpc) is 2.76. The van der Waals surface area contributed by atoms with Crippen LogP contribution in [0, 0.1) is 0 Å². The molecule has 4 aromatic rings. The van der Waals surface area contributed by atoms with Crippen molar-refractivity contribution < 1.29 is 0 Å². The number of aryl methyl sites for hydroxylation is 2. The molecule has 0 amide bonds. The van der Waals surface area contributed by atoms with Crippen molar-refractivity contribution >= 4 is 11.0 Å². The topological polar surface area (TPSA) is 51.6 Å². The quantitative estimate of drug-likeness (QED) is 0.354. The van der Waals surface area contributed by atoms with Crippen LogP contribution in [0.4, 0.5) is 0 Å². The summed E-state index contributed by atoms with van der Waals surface area (Å²) in [5.74, 6) is 0. The predicted octanol–water partition coefficient (Wildman–Crippen LogP) is 6.45. The predicted molar refractivity (Wildman–Crippen MR) is 131 cm³/mol. The summed E-state index contributed by atoms with van der Waals surface area (Å²) in [6, 6.07) is 17.0. The molecule has 0 saturated carbocycles. The highest BCUT2D eigenvalue weighted by molar-refractivity contribution is 5.83. The standard InChI is InChI=1S/C28H30N4/c1-27(2,3)22-9-7-8-20(29-22)21-14-12-19-16-18-11-10-17-13-15-23(28(4,5)6)31-24(17)25(18)32-26(19)30-21/h7-9,12-16H,10-11H2,1-6H3. The second kappa shape index (κ2) is 7.19. The van der Waals surface area contributed by atoms with Gasteiger partial charge in [-0.15, -0.1) is 0 Å². The first-order valence-electron chi connectivity index (χ1n) is 11.4. The van der Waals surface area contributed by atoms with Gasteiger partial charge in [0, 0.05) is 27.6 Å². The zero-order valence-corrected chi connectivity index (χ0v) is 19.8. The van der Waals surface area contributed by atoms with E-state index in [9.17, 15) is 0 Å². The van der Waals surface area contributed by atoms with Gasteiger partial charge in [0.15, 0.2) is 5.65 Å². The van der Waals surface area contributed by atoms with Crippen LogP contribution in [0.25, 0.3) is 33.8 Å². The van der Waals surface area contributed by atoms with Crippen molar-refractivity contribution in [2.75, 3.05) is 0 Å². The number of pyridine rings is 4. The maximum atomic E-state index is 5.05. The molecule has 0 atom stereocenters. The Labute approximate surface area is 190 Å². The first-order chi connectivity index (χ1) is 15.1. The van der Waals surface area contributed by atoms with Crippen LogP contribution in [-0.4, -0.2) is 19.9 Å². The fourth-order valence-electron chi connectivity index (χ4n) is 4.21. The van der Waals surface area contributed by atoms with Crippen LogP contribution >= 0.6 is 0 Å². The molecule has 0 unspecified atom stereocenters. The van der Waals surface area contributed by atoms with E-state index < -0.39 is 0 Å². The van der Waals surface area contributed by atoms with Gasteiger partial charge < -0.3 is 0 Å². The first-order valence-corrected chi connectivity index (χ1v) is 11.4. The molecule has 0 saturated heterocycles. The molecule has 5 rings (SSSR count). The van der Waals surface area contributed by atoms with E-state index in [-0.39, 0.29) is 10.8 Å². The third-order valence-corrected chi connectivity index (χ3v) is 6.17. The maximum Gasteiger partial charge on any atom is 0.160 e. The number of hydrogen-bond donors (Lipinski definition) is 0. The highest BCUT2D eigenvalue weighted by Gasteiger charge is 2.24. The van der Waals surface area contributed by atoms with Gasteiger partial charge in [0.05, 0.1) is 22.8 Å². The molecular formula is C28H30N4. The van der Waals surface area contributed by atoms with Crippen molar-refractivity contribution in [3.63, 3.8) is 0 Å². The molecule has 1 aliphatic rings. The molecule has 162 valence electrons. The molecule has 4 nitrogen and oxygen atoms in total. The lowest BCUT2D eigenvalue weighted by Gasteiger charge is -2.23. The van der Waals surface area contributed by atoms with E-state index in [2.05, 4.69) is 84.0 Å². The van der Waals surface area contributed by atoms with Gasteiger partial charge in [-0.05, 0) is 60.4 Å². The highest BCUT2D eigenvalue weighted by Crippen LogP contribution is 2.35. The van der Waals surface area contributed by atoms with Crippen LogP contribution in [0.2, 0.25) is 0 Å². The molecule has 1 aliphatic carbocycles. The van der Waals surface area contributed by atoms with Gasteiger partial charge in [-0.2, -0.15) is 0 Å². The van der Waals surface area contributed by atoms with Crippen molar-refractivity contribution in [2.24, 2.45) is 0 Å². The molecule has 4 heteroatoms. The number of hydrogen-bond acceptors (Lipinski definition) is 4. The van der Waals surface area contributed by atoms with Gasteiger partial charge in [0.2, 0.25) is 0 Å². The number of nitrogens with zero attached hydrogens (tertiary/aromatic N) is 4. The van der Waals surface area contributed by atoms with E-state index >= 15 is 0 Å². The minimum absolute atomic E-state index is 0.00134. The fourth-order valence-corrected chi connectivity index (χ4v) is 4.21. The summed E-state index contributed by atoms with van der Waals surface area (Å²) in [6.07, 6.45) is 1.99. The van der Waals surface area contributed by atoms with Crippen LogP contribution < -0.4 is 0 Å². The SMILES string of the molecule is CC(C)(C)c1cccc(-c2ccc3cc4c(nc3n2)-c2nc(C(C)(C)C)ccc2CC4)n1. The van der Waals surface area contributed by atoms with Crippen molar-refractivity contribution in [1.29, 1.82) is 0 Å². The number of aromatic nitrogens is 4. The maximum absolute atomic E-state index is 5.05. The largest absolute Gasteiger partial charge is 0.251 e. The van der Waals surface area contributed by atoms with E-state index in [0.717, 1.165) is 58.0 Å². The van der Waals surface area contributed by atoms with E-state index in [0.29, 0.717) is 0 Å². The zero-order chi connectivity index (χ0) is 22.7. The molecule has 0 aromatic carbocycles. The second-order valence-corrected chi connectivity index (χ2v) is 10.9. The van der Waals surface area contributed by atoms with Crippen LogP contribution in [0.5, 0.6) is 0 Å². The molecule has 0 radical (unpaired) electrons. The monoisotopic (exact) mass is 422 g/mol. The molecule has 32 heavy (non-hydrogen) atoms. The van der Waals surface area contributed by atoms with Gasteiger partial charge in [-0.1, -0.05) is 53.7 Å². The summed E-state index contributed by atoms with van der Waals surface area (Å²) in [4.78, 5) is 19.9. The highest BCUT2D eigenvalue weighted by atomic mass is 14.9. The molecule has 4 aromatic heterocycles. The lowest BCUT2D eigenvalue weighted by Crippen LogP contribution is -2.16. The second-order valence-electron chi connectivity index (χ2n) is 10.9. The van der Waals surface area contributed by atoms with Gasteiger partial charge in [-0.3, -0.25) is 9.97 Å². The van der Waals surface area contributed by atoms with E-state index in [1.165, 1.54) is 11.1 Å². The summed E-state index contributed by atoms with van der Waals surface area (Å²) < 4.78 is 0. The Bertz CT molecular complexity index is 1340. The van der Waals surface area contributed by atoms with Gasteiger partial charge >= 0.3 is 0 Å². The Morgan fingerprint density at radius 2 is 1.25 bits per heavy atom. The Hall–Kier alpha value is -3.14. The Kier molecular flexibility index (Phi) is 4.66. The van der Waals surface area contributed by atoms with Crippen molar-refractivity contribution in [3.8, 4) is 22.8 Å². The molecule has 0 fully saturated rings. The van der Waals surface area contributed by atoms with Crippen LogP contribution in [-0.2, 0) is 23.7 Å². The Morgan fingerprint density at radius 3 is 2.00 bits per heavy atom. The number of rotatable bonds is 1. The van der Waals surface area contributed by atoms with Gasteiger partial charge in [0.25, 0.3) is 0 Å². The third kappa shape index (κ3) is 3.68. The van der Waals surface area contributed by atoms with Crippen LogP contribution in [0.1, 0.15) is 64.1 Å². The smallest absolute Gasteiger partial charge is 0.160 e. The summed E-state index contributed by atoms with van der Waals surface area (Å²) in [6.45, 7) is 13.1. The first kappa shape index (κ1) is 20.7. The zero-order valence-electron chi connectivity index (χ0n) is 19.8. The molecule has 0 bridgehead atoms. The third-order valence-electron chi connectivity index (χ3n) is 6.17. The summed E-state index contributed by atoms with van der Waals surface area (Å²) in [5.41, 5.74) is 9.14. The average molecular weight is 423 g/mol. The minimum Gasteiger partial charge on any atom is -0.251 e. The van der Waals surface area contributed by atoms with Crippen molar-refractivity contribution in [1.82, 2.24) is 19.9 Å². The van der Waals surface area contributed by atoms with Crippen molar-refractivity contribution in [2.45, 2.75) is 65.2 Å². The fraction of sp³-hybridized carbons (Fsp3) is 0.357. The summed E-state index contributed by atoms with van der Waals surface area (Å²) in [7, 11) is 0. The molecular weight excluding hydrogens is 392 g/mol. The summed E-state index contributed by atoms with van der Waals surface area (Å²) in [5, 5.41) is 1.06. The molecule has 0 spiro atoms. The van der Waals surface area contributed by atoms with E-state index in [4.69, 9.17) is 19.9 Å². The van der Waals surface area contributed by atoms with Crippen LogP contribution in [0.15, 0.2) is 48.5 Å². The van der Waals surface area contributed by atoms with Gasteiger partial charge in [0.1, 0.15) is 0 Å².